The molecular weight excluding hydrogens is 386 g/mol. The SMILES string of the molecule is CCOC(=O)c1c(NC(=O)[C@H](C)Oc2cccc(Cl)c2)sc2c1CCCC2. The van der Waals surface area contributed by atoms with Gasteiger partial charge in [-0.2, -0.15) is 0 Å². The molecule has 3 rings (SSSR count). The number of hydrogen-bond acceptors (Lipinski definition) is 5. The molecule has 7 heteroatoms. The summed E-state index contributed by atoms with van der Waals surface area (Å²) < 4.78 is 10.9. The third-order valence-corrected chi connectivity index (χ3v) is 5.81. The number of ether oxygens (including phenoxy) is 2. The highest BCUT2D eigenvalue weighted by Crippen LogP contribution is 2.38. The number of aryl methyl sites for hydroxylation is 1. The van der Waals surface area contributed by atoms with E-state index in [0.29, 0.717) is 27.9 Å². The van der Waals surface area contributed by atoms with Crippen LogP contribution in [-0.2, 0) is 22.4 Å². The summed E-state index contributed by atoms with van der Waals surface area (Å²) in [7, 11) is 0. The molecule has 1 N–H and O–H groups in total. The Kier molecular flexibility index (Phi) is 6.39. The molecule has 0 unspecified atom stereocenters. The zero-order chi connectivity index (χ0) is 19.4. The number of carbonyl (C=O) groups excluding carboxylic acids is 2. The molecular formula is C20H22ClNO4S. The van der Waals surface area contributed by atoms with Crippen molar-refractivity contribution in [2.24, 2.45) is 0 Å². The van der Waals surface area contributed by atoms with Crippen LogP contribution in [0.25, 0.3) is 0 Å². The second-order valence-corrected chi connectivity index (χ2v) is 7.88. The van der Waals surface area contributed by atoms with E-state index < -0.39 is 6.10 Å². The van der Waals surface area contributed by atoms with Crippen LogP contribution in [0.15, 0.2) is 24.3 Å². The number of anilines is 1. The highest BCUT2D eigenvalue weighted by molar-refractivity contribution is 7.17. The molecule has 2 aromatic rings. The zero-order valence-corrected chi connectivity index (χ0v) is 16.9. The van der Waals surface area contributed by atoms with Gasteiger partial charge in [0.05, 0.1) is 12.2 Å². The lowest BCUT2D eigenvalue weighted by Crippen LogP contribution is -2.30. The Labute approximate surface area is 167 Å². The summed E-state index contributed by atoms with van der Waals surface area (Å²) in [6, 6.07) is 6.89. The van der Waals surface area contributed by atoms with Gasteiger partial charge in [0.2, 0.25) is 0 Å². The summed E-state index contributed by atoms with van der Waals surface area (Å²) in [6.07, 6.45) is 3.16. The van der Waals surface area contributed by atoms with E-state index in [2.05, 4.69) is 5.32 Å². The summed E-state index contributed by atoms with van der Waals surface area (Å²) in [6.45, 7) is 3.73. The minimum Gasteiger partial charge on any atom is -0.481 e. The Bertz CT molecular complexity index is 849. The fourth-order valence-corrected chi connectivity index (χ4v) is 4.55. The van der Waals surface area contributed by atoms with Gasteiger partial charge in [-0.1, -0.05) is 17.7 Å². The van der Waals surface area contributed by atoms with Crippen LogP contribution >= 0.6 is 22.9 Å². The van der Waals surface area contributed by atoms with Gasteiger partial charge in [-0.25, -0.2) is 4.79 Å². The number of fused-ring (bicyclic) bond motifs is 1. The second kappa shape index (κ2) is 8.76. The van der Waals surface area contributed by atoms with Gasteiger partial charge in [-0.05, 0) is 63.3 Å². The van der Waals surface area contributed by atoms with Gasteiger partial charge in [0, 0.05) is 9.90 Å². The lowest BCUT2D eigenvalue weighted by atomic mass is 9.95. The number of hydrogen-bond donors (Lipinski definition) is 1. The maximum atomic E-state index is 12.6. The Balaban J connectivity index is 1.78. The van der Waals surface area contributed by atoms with Crippen LogP contribution < -0.4 is 10.1 Å². The molecule has 5 nitrogen and oxygen atoms in total. The lowest BCUT2D eigenvalue weighted by Gasteiger charge is -2.15. The Hall–Kier alpha value is -2.05. The standard InChI is InChI=1S/C20H22ClNO4S/c1-3-25-20(24)17-15-9-4-5-10-16(15)27-19(17)22-18(23)12(2)26-14-8-6-7-13(21)11-14/h6-8,11-12H,3-5,9-10H2,1-2H3,(H,22,23)/t12-/m0/s1. The maximum Gasteiger partial charge on any atom is 0.341 e. The van der Waals surface area contributed by atoms with Crippen molar-refractivity contribution in [3.63, 3.8) is 0 Å². The Morgan fingerprint density at radius 1 is 1.30 bits per heavy atom. The third-order valence-electron chi connectivity index (χ3n) is 4.37. The molecule has 0 bridgehead atoms. The second-order valence-electron chi connectivity index (χ2n) is 6.34. The van der Waals surface area contributed by atoms with Crippen molar-refractivity contribution in [3.05, 3.63) is 45.3 Å². The highest BCUT2D eigenvalue weighted by Gasteiger charge is 2.28. The van der Waals surface area contributed by atoms with Crippen molar-refractivity contribution in [2.75, 3.05) is 11.9 Å². The fraction of sp³-hybridized carbons (Fsp3) is 0.400. The van der Waals surface area contributed by atoms with Gasteiger partial charge in [0.25, 0.3) is 5.91 Å². The molecule has 27 heavy (non-hydrogen) atoms. The minimum absolute atomic E-state index is 0.297. The first-order valence-corrected chi connectivity index (χ1v) is 10.2. The van der Waals surface area contributed by atoms with Crippen molar-refractivity contribution in [3.8, 4) is 5.75 Å². The normalized spacial score (nSPS) is 14.2. The van der Waals surface area contributed by atoms with Crippen molar-refractivity contribution in [1.29, 1.82) is 0 Å². The van der Waals surface area contributed by atoms with E-state index in [1.807, 2.05) is 0 Å². The molecule has 0 saturated carbocycles. The molecule has 0 saturated heterocycles. The molecule has 0 spiro atoms. The van der Waals surface area contributed by atoms with Crippen molar-refractivity contribution in [1.82, 2.24) is 0 Å². The first kappa shape index (κ1) is 19.7. The maximum absolute atomic E-state index is 12.6. The van der Waals surface area contributed by atoms with E-state index in [1.54, 1.807) is 38.1 Å². The molecule has 0 fully saturated rings. The summed E-state index contributed by atoms with van der Waals surface area (Å²) in [4.78, 5) is 26.3. The average molecular weight is 408 g/mol. The van der Waals surface area contributed by atoms with Gasteiger partial charge in [0.1, 0.15) is 10.8 Å². The van der Waals surface area contributed by atoms with E-state index in [0.717, 1.165) is 36.1 Å². The first-order valence-electron chi connectivity index (χ1n) is 9.04. The number of amides is 1. The number of benzene rings is 1. The number of carbonyl (C=O) groups is 2. The largest absolute Gasteiger partial charge is 0.481 e. The first-order chi connectivity index (χ1) is 13.0. The van der Waals surface area contributed by atoms with Crippen LogP contribution in [0, 0.1) is 0 Å². The number of halogens is 1. The van der Waals surface area contributed by atoms with Crippen LogP contribution in [0.4, 0.5) is 5.00 Å². The molecule has 0 radical (unpaired) electrons. The van der Waals surface area contributed by atoms with Crippen molar-refractivity contribution in [2.45, 2.75) is 45.6 Å². The lowest BCUT2D eigenvalue weighted by molar-refractivity contribution is -0.122. The molecule has 1 aromatic carbocycles. The van der Waals surface area contributed by atoms with E-state index in [1.165, 1.54) is 11.3 Å². The van der Waals surface area contributed by atoms with Gasteiger partial charge >= 0.3 is 5.97 Å². The molecule has 0 aliphatic heterocycles. The Morgan fingerprint density at radius 3 is 2.81 bits per heavy atom. The van der Waals surface area contributed by atoms with E-state index in [-0.39, 0.29) is 11.9 Å². The molecule has 1 amide bonds. The predicted molar refractivity (Wildman–Crippen MR) is 107 cm³/mol. The summed E-state index contributed by atoms with van der Waals surface area (Å²) in [5.41, 5.74) is 1.52. The quantitative estimate of drug-likeness (QED) is 0.694. The number of rotatable bonds is 6. The number of thiophene rings is 1. The van der Waals surface area contributed by atoms with Crippen molar-refractivity contribution < 1.29 is 19.1 Å². The molecule has 1 heterocycles. The topological polar surface area (TPSA) is 64.6 Å². The monoisotopic (exact) mass is 407 g/mol. The van der Waals surface area contributed by atoms with Gasteiger partial charge < -0.3 is 14.8 Å². The highest BCUT2D eigenvalue weighted by atomic mass is 35.5. The Morgan fingerprint density at radius 2 is 2.07 bits per heavy atom. The smallest absolute Gasteiger partial charge is 0.341 e. The van der Waals surface area contributed by atoms with Crippen LogP contribution in [0.5, 0.6) is 5.75 Å². The zero-order valence-electron chi connectivity index (χ0n) is 15.3. The van der Waals surface area contributed by atoms with Crippen molar-refractivity contribution >= 4 is 39.8 Å². The van der Waals surface area contributed by atoms with E-state index in [4.69, 9.17) is 21.1 Å². The van der Waals surface area contributed by atoms with Gasteiger partial charge in [-0.3, -0.25) is 4.79 Å². The molecule has 144 valence electrons. The third kappa shape index (κ3) is 4.62. The van der Waals surface area contributed by atoms with Crippen LogP contribution in [0.3, 0.4) is 0 Å². The van der Waals surface area contributed by atoms with E-state index >= 15 is 0 Å². The molecule has 1 atom stereocenters. The number of nitrogens with one attached hydrogen (secondary N) is 1. The minimum atomic E-state index is -0.738. The van der Waals surface area contributed by atoms with Crippen LogP contribution in [-0.4, -0.2) is 24.6 Å². The molecule has 1 aromatic heterocycles. The summed E-state index contributed by atoms with van der Waals surface area (Å²) >= 11 is 7.41. The van der Waals surface area contributed by atoms with Crippen LogP contribution in [0.1, 0.15) is 47.5 Å². The summed E-state index contributed by atoms with van der Waals surface area (Å²) in [5, 5.41) is 3.95. The van der Waals surface area contributed by atoms with Gasteiger partial charge in [0.15, 0.2) is 6.10 Å². The van der Waals surface area contributed by atoms with E-state index in [9.17, 15) is 9.59 Å². The molecule has 1 aliphatic carbocycles. The predicted octanol–water partition coefficient (Wildman–Crippen LogP) is 4.86. The number of esters is 1. The van der Waals surface area contributed by atoms with Crippen LogP contribution in [0.2, 0.25) is 5.02 Å². The average Bonchev–Trinajstić information content (AvgIpc) is 2.99. The van der Waals surface area contributed by atoms with Gasteiger partial charge in [-0.15, -0.1) is 11.3 Å². The summed E-state index contributed by atoms with van der Waals surface area (Å²) in [5.74, 6) is -0.184. The fourth-order valence-electron chi connectivity index (χ4n) is 3.08. The molecule has 1 aliphatic rings.